The quantitative estimate of drug-likeness (QED) is 0.849. The predicted octanol–water partition coefficient (Wildman–Crippen LogP) is 4.05. The van der Waals surface area contributed by atoms with Crippen molar-refractivity contribution in [1.82, 2.24) is 10.2 Å². The maximum absolute atomic E-state index is 3.70. The van der Waals surface area contributed by atoms with Gasteiger partial charge in [0, 0.05) is 18.6 Å². The minimum Gasteiger partial charge on any atom is -0.313 e. The molecule has 0 amide bonds. The Morgan fingerprint density at radius 1 is 1.29 bits per heavy atom. The first-order valence-corrected chi connectivity index (χ1v) is 8.65. The lowest BCUT2D eigenvalue weighted by molar-refractivity contribution is 0.111. The molecule has 2 unspecified atom stereocenters. The maximum atomic E-state index is 3.70. The number of aryl methyl sites for hydroxylation is 2. The van der Waals surface area contributed by atoms with Crippen LogP contribution >= 0.6 is 0 Å². The van der Waals surface area contributed by atoms with E-state index in [1.807, 2.05) is 0 Å². The summed E-state index contributed by atoms with van der Waals surface area (Å²) < 4.78 is 0. The van der Waals surface area contributed by atoms with Crippen LogP contribution in [0.3, 0.4) is 0 Å². The molecular weight excluding hydrogens is 256 g/mol. The van der Waals surface area contributed by atoms with E-state index in [0.717, 1.165) is 13.1 Å². The van der Waals surface area contributed by atoms with Gasteiger partial charge in [0.25, 0.3) is 0 Å². The van der Waals surface area contributed by atoms with Gasteiger partial charge in [0.1, 0.15) is 0 Å². The van der Waals surface area contributed by atoms with Gasteiger partial charge in [0.05, 0.1) is 0 Å². The highest BCUT2D eigenvalue weighted by atomic mass is 15.2. The second-order valence-corrected chi connectivity index (χ2v) is 6.71. The van der Waals surface area contributed by atoms with Crippen LogP contribution in [-0.4, -0.2) is 30.1 Å². The van der Waals surface area contributed by atoms with Gasteiger partial charge in [-0.1, -0.05) is 37.1 Å². The van der Waals surface area contributed by atoms with Crippen LogP contribution in [0.15, 0.2) is 18.2 Å². The first-order chi connectivity index (χ1) is 10.1. The average Bonchev–Trinajstić information content (AvgIpc) is 2.49. The summed E-state index contributed by atoms with van der Waals surface area (Å²) in [5.41, 5.74) is 4.31. The number of likely N-dealkylation sites (tertiary alicyclic amines) is 1. The molecule has 2 atom stereocenters. The second kappa shape index (κ2) is 7.95. The zero-order valence-corrected chi connectivity index (χ0v) is 14.3. The minimum absolute atomic E-state index is 0.593. The van der Waals surface area contributed by atoms with Crippen LogP contribution in [0, 0.1) is 13.8 Å². The summed E-state index contributed by atoms with van der Waals surface area (Å²) in [5.74, 6) is 0. The van der Waals surface area contributed by atoms with Gasteiger partial charge in [-0.05, 0) is 64.3 Å². The van der Waals surface area contributed by atoms with Gasteiger partial charge >= 0.3 is 0 Å². The first-order valence-electron chi connectivity index (χ1n) is 8.65. The molecule has 0 spiro atoms. The molecule has 118 valence electrons. The molecule has 1 heterocycles. The topological polar surface area (TPSA) is 15.3 Å². The van der Waals surface area contributed by atoms with Crippen LogP contribution in [-0.2, 0) is 6.54 Å². The minimum atomic E-state index is 0.593. The van der Waals surface area contributed by atoms with Crippen molar-refractivity contribution >= 4 is 0 Å². The van der Waals surface area contributed by atoms with Crippen molar-refractivity contribution in [2.24, 2.45) is 0 Å². The van der Waals surface area contributed by atoms with Crippen molar-refractivity contribution in [2.45, 2.75) is 72.0 Å². The van der Waals surface area contributed by atoms with Gasteiger partial charge in [-0.2, -0.15) is 0 Å². The molecule has 1 saturated heterocycles. The fourth-order valence-corrected chi connectivity index (χ4v) is 3.48. The van der Waals surface area contributed by atoms with Gasteiger partial charge in [-0.3, -0.25) is 4.90 Å². The number of benzene rings is 1. The number of piperidine rings is 1. The SMILES string of the molecule is CCCNC(C)C1CCCCN1Cc1cc(C)ccc1C. The zero-order valence-electron chi connectivity index (χ0n) is 14.3. The van der Waals surface area contributed by atoms with E-state index in [9.17, 15) is 0 Å². The first kappa shape index (κ1) is 16.5. The molecule has 1 aromatic carbocycles. The van der Waals surface area contributed by atoms with E-state index in [-0.39, 0.29) is 0 Å². The van der Waals surface area contributed by atoms with E-state index >= 15 is 0 Å². The van der Waals surface area contributed by atoms with Crippen molar-refractivity contribution in [1.29, 1.82) is 0 Å². The van der Waals surface area contributed by atoms with Crippen molar-refractivity contribution in [3.8, 4) is 0 Å². The largest absolute Gasteiger partial charge is 0.313 e. The Labute approximate surface area is 130 Å². The Bertz CT molecular complexity index is 441. The molecule has 1 aliphatic heterocycles. The molecular formula is C19H32N2. The molecule has 1 N–H and O–H groups in total. The molecule has 2 rings (SSSR count). The highest BCUT2D eigenvalue weighted by molar-refractivity contribution is 5.30. The normalized spacial score (nSPS) is 21.4. The number of hydrogen-bond donors (Lipinski definition) is 1. The van der Waals surface area contributed by atoms with Crippen LogP contribution in [0.4, 0.5) is 0 Å². The molecule has 1 aromatic rings. The zero-order chi connectivity index (χ0) is 15.2. The van der Waals surface area contributed by atoms with E-state index in [0.29, 0.717) is 12.1 Å². The molecule has 2 nitrogen and oxygen atoms in total. The van der Waals surface area contributed by atoms with E-state index in [4.69, 9.17) is 0 Å². The third kappa shape index (κ3) is 4.55. The second-order valence-electron chi connectivity index (χ2n) is 6.71. The van der Waals surface area contributed by atoms with Crippen molar-refractivity contribution in [2.75, 3.05) is 13.1 Å². The Balaban J connectivity index is 2.06. The van der Waals surface area contributed by atoms with Crippen LogP contribution in [0.1, 0.15) is 56.2 Å². The van der Waals surface area contributed by atoms with E-state index in [1.165, 1.54) is 48.9 Å². The highest BCUT2D eigenvalue weighted by Crippen LogP contribution is 2.23. The lowest BCUT2D eigenvalue weighted by Gasteiger charge is -2.40. The molecule has 21 heavy (non-hydrogen) atoms. The molecule has 0 aromatic heterocycles. The van der Waals surface area contributed by atoms with Gasteiger partial charge in [-0.25, -0.2) is 0 Å². The number of nitrogens with zero attached hydrogens (tertiary/aromatic N) is 1. The van der Waals surface area contributed by atoms with E-state index in [2.05, 4.69) is 56.1 Å². The Morgan fingerprint density at radius 2 is 2.10 bits per heavy atom. The summed E-state index contributed by atoms with van der Waals surface area (Å²) in [6.45, 7) is 12.5. The van der Waals surface area contributed by atoms with E-state index < -0.39 is 0 Å². The number of hydrogen-bond acceptors (Lipinski definition) is 2. The van der Waals surface area contributed by atoms with Gasteiger partial charge in [0.15, 0.2) is 0 Å². The summed E-state index contributed by atoms with van der Waals surface area (Å²) in [4.78, 5) is 2.71. The smallest absolute Gasteiger partial charge is 0.0250 e. The summed E-state index contributed by atoms with van der Waals surface area (Å²) in [6.07, 6.45) is 5.28. The number of rotatable bonds is 6. The van der Waals surface area contributed by atoms with Crippen LogP contribution < -0.4 is 5.32 Å². The van der Waals surface area contributed by atoms with Crippen molar-refractivity contribution in [3.05, 3.63) is 34.9 Å². The molecule has 1 aliphatic rings. The number of nitrogens with one attached hydrogen (secondary N) is 1. The van der Waals surface area contributed by atoms with Gasteiger partial charge in [-0.15, -0.1) is 0 Å². The van der Waals surface area contributed by atoms with Crippen LogP contribution in [0.5, 0.6) is 0 Å². The van der Waals surface area contributed by atoms with Gasteiger partial charge in [0.2, 0.25) is 0 Å². The Hall–Kier alpha value is -0.860. The Kier molecular flexibility index (Phi) is 6.25. The lowest BCUT2D eigenvalue weighted by Crippen LogP contribution is -2.50. The maximum Gasteiger partial charge on any atom is 0.0250 e. The molecule has 0 saturated carbocycles. The fourth-order valence-electron chi connectivity index (χ4n) is 3.48. The summed E-state index contributed by atoms with van der Waals surface area (Å²) in [5, 5.41) is 3.70. The van der Waals surface area contributed by atoms with Crippen LogP contribution in [0.2, 0.25) is 0 Å². The molecule has 1 fully saturated rings. The van der Waals surface area contributed by atoms with Gasteiger partial charge < -0.3 is 5.32 Å². The third-order valence-corrected chi connectivity index (χ3v) is 4.84. The van der Waals surface area contributed by atoms with Crippen LogP contribution in [0.25, 0.3) is 0 Å². The predicted molar refractivity (Wildman–Crippen MR) is 91.7 cm³/mol. The van der Waals surface area contributed by atoms with E-state index in [1.54, 1.807) is 0 Å². The average molecular weight is 288 g/mol. The summed E-state index contributed by atoms with van der Waals surface area (Å²) in [6, 6.07) is 8.13. The monoisotopic (exact) mass is 288 g/mol. The Morgan fingerprint density at radius 3 is 2.86 bits per heavy atom. The van der Waals surface area contributed by atoms with Crippen molar-refractivity contribution < 1.29 is 0 Å². The highest BCUT2D eigenvalue weighted by Gasteiger charge is 2.27. The fraction of sp³-hybridized carbons (Fsp3) is 0.684. The molecule has 0 bridgehead atoms. The lowest BCUT2D eigenvalue weighted by atomic mass is 9.94. The third-order valence-electron chi connectivity index (χ3n) is 4.84. The molecule has 2 heteroatoms. The standard InChI is InChI=1S/C19H32N2/c1-5-11-20-17(4)19-8-6-7-12-21(19)14-18-13-15(2)9-10-16(18)3/h9-10,13,17,19-20H,5-8,11-12,14H2,1-4H3. The summed E-state index contributed by atoms with van der Waals surface area (Å²) >= 11 is 0. The summed E-state index contributed by atoms with van der Waals surface area (Å²) in [7, 11) is 0. The van der Waals surface area contributed by atoms with Crippen molar-refractivity contribution in [3.63, 3.8) is 0 Å². The molecule has 0 aliphatic carbocycles. The molecule has 0 radical (unpaired) electrons.